The van der Waals surface area contributed by atoms with Gasteiger partial charge in [-0.25, -0.2) is 9.97 Å². The number of nitrogens with two attached hydrogens (primary N) is 1. The Morgan fingerprint density at radius 2 is 1.92 bits per heavy atom. The molecule has 2 heterocycles. The van der Waals surface area contributed by atoms with Gasteiger partial charge in [-0.1, -0.05) is 13.0 Å². The van der Waals surface area contributed by atoms with Crippen molar-refractivity contribution in [3.63, 3.8) is 0 Å². The van der Waals surface area contributed by atoms with E-state index in [-0.39, 0.29) is 17.5 Å². The summed E-state index contributed by atoms with van der Waals surface area (Å²) in [5.41, 5.74) is 7.31. The topological polar surface area (TPSA) is 69.6 Å². The van der Waals surface area contributed by atoms with Gasteiger partial charge in [0.2, 0.25) is 0 Å². The van der Waals surface area contributed by atoms with Crippen LogP contribution in [0.1, 0.15) is 50.3 Å². The average molecular weight is 345 g/mol. The fourth-order valence-electron chi connectivity index (χ4n) is 3.48. The van der Waals surface area contributed by atoms with E-state index in [1.165, 1.54) is 4.68 Å². The molecule has 4 rings (SSSR count). The Labute approximate surface area is 145 Å². The maximum absolute atomic E-state index is 15.0. The summed E-state index contributed by atoms with van der Waals surface area (Å²) >= 11 is 0. The number of halogens is 2. The van der Waals surface area contributed by atoms with Crippen molar-refractivity contribution in [1.82, 2.24) is 19.7 Å². The fraction of sp³-hybridized carbons (Fsp3) is 0.500. The minimum atomic E-state index is -2.98. The minimum Gasteiger partial charge on any atom is -0.383 e. The van der Waals surface area contributed by atoms with E-state index < -0.39 is 11.8 Å². The molecule has 0 radical (unpaired) electrons. The molecule has 132 valence electrons. The van der Waals surface area contributed by atoms with Crippen molar-refractivity contribution < 1.29 is 8.78 Å². The van der Waals surface area contributed by atoms with Gasteiger partial charge < -0.3 is 5.73 Å². The van der Waals surface area contributed by atoms with Crippen LogP contribution in [0.4, 0.5) is 14.6 Å². The maximum atomic E-state index is 15.0. The van der Waals surface area contributed by atoms with Crippen LogP contribution in [0.25, 0.3) is 11.5 Å². The standard InChI is InChI=1S/C18H21F2N5/c1-11-4-2-5-12(10-11)14-15(18(19,20)13-6-7-13)24-25(16(14)21)17-22-8-3-9-23-17/h3,5,8-9,11,13H,2,4,6-7,10,21H2,1H3. The summed E-state index contributed by atoms with van der Waals surface area (Å²) in [7, 11) is 0. The first-order valence-electron chi connectivity index (χ1n) is 8.72. The molecule has 0 bridgehead atoms. The Bertz CT molecular complexity index is 808. The highest BCUT2D eigenvalue weighted by atomic mass is 19.3. The third-order valence-electron chi connectivity index (χ3n) is 5.01. The molecule has 5 nitrogen and oxygen atoms in total. The molecule has 7 heteroatoms. The zero-order valence-corrected chi connectivity index (χ0v) is 14.1. The molecule has 0 aliphatic heterocycles. The zero-order valence-electron chi connectivity index (χ0n) is 14.1. The summed E-state index contributed by atoms with van der Waals surface area (Å²) in [6, 6.07) is 1.66. The van der Waals surface area contributed by atoms with Crippen LogP contribution in [0.15, 0.2) is 24.5 Å². The van der Waals surface area contributed by atoms with Crippen LogP contribution in [0.2, 0.25) is 0 Å². The van der Waals surface area contributed by atoms with Crippen molar-refractivity contribution in [1.29, 1.82) is 0 Å². The Morgan fingerprint density at radius 1 is 1.20 bits per heavy atom. The van der Waals surface area contributed by atoms with Crippen LogP contribution in [0.5, 0.6) is 0 Å². The van der Waals surface area contributed by atoms with Crippen LogP contribution >= 0.6 is 0 Å². The van der Waals surface area contributed by atoms with E-state index in [0.29, 0.717) is 24.3 Å². The van der Waals surface area contributed by atoms with Crippen molar-refractivity contribution in [3.05, 3.63) is 35.8 Å². The highest BCUT2D eigenvalue weighted by molar-refractivity contribution is 5.77. The van der Waals surface area contributed by atoms with Gasteiger partial charge in [0, 0.05) is 23.9 Å². The Kier molecular flexibility index (Phi) is 3.81. The van der Waals surface area contributed by atoms with Crippen LogP contribution in [0, 0.1) is 11.8 Å². The first-order valence-corrected chi connectivity index (χ1v) is 8.72. The molecule has 0 saturated heterocycles. The third kappa shape index (κ3) is 2.81. The molecule has 1 saturated carbocycles. The van der Waals surface area contributed by atoms with E-state index in [4.69, 9.17) is 5.73 Å². The van der Waals surface area contributed by atoms with Gasteiger partial charge in [0.05, 0.1) is 0 Å². The van der Waals surface area contributed by atoms with Gasteiger partial charge >= 0.3 is 0 Å². The molecule has 1 fully saturated rings. The summed E-state index contributed by atoms with van der Waals surface area (Å²) in [6.45, 7) is 2.13. The van der Waals surface area contributed by atoms with Crippen LogP contribution in [-0.2, 0) is 5.92 Å². The molecule has 25 heavy (non-hydrogen) atoms. The number of hydrogen-bond acceptors (Lipinski definition) is 4. The van der Waals surface area contributed by atoms with Crippen molar-refractivity contribution in [3.8, 4) is 5.95 Å². The fourth-order valence-corrected chi connectivity index (χ4v) is 3.48. The number of alkyl halides is 2. The second kappa shape index (κ2) is 5.89. The lowest BCUT2D eigenvalue weighted by molar-refractivity contribution is -0.0334. The SMILES string of the molecule is CC1CCC=C(c2c(C(F)(F)C3CC3)nn(-c3ncccn3)c2N)C1. The maximum Gasteiger partial charge on any atom is 0.294 e. The highest BCUT2D eigenvalue weighted by Crippen LogP contribution is 2.52. The van der Waals surface area contributed by atoms with Crippen LogP contribution in [-0.4, -0.2) is 19.7 Å². The second-order valence-corrected chi connectivity index (χ2v) is 7.08. The van der Waals surface area contributed by atoms with E-state index in [0.717, 1.165) is 24.8 Å². The summed E-state index contributed by atoms with van der Waals surface area (Å²) in [6.07, 6.45) is 8.83. The number of nitrogens with zero attached hydrogens (tertiary/aromatic N) is 4. The lowest BCUT2D eigenvalue weighted by Crippen LogP contribution is -2.19. The van der Waals surface area contributed by atoms with Gasteiger partial charge in [0.15, 0.2) is 0 Å². The normalized spacial score (nSPS) is 21.2. The van der Waals surface area contributed by atoms with Gasteiger partial charge in [-0.15, -0.1) is 0 Å². The first-order chi connectivity index (χ1) is 12.0. The van der Waals surface area contributed by atoms with E-state index in [1.54, 1.807) is 18.5 Å². The monoisotopic (exact) mass is 345 g/mol. The van der Waals surface area contributed by atoms with Crippen molar-refractivity contribution >= 4 is 11.4 Å². The lowest BCUT2D eigenvalue weighted by Gasteiger charge is -2.21. The first kappa shape index (κ1) is 16.2. The summed E-state index contributed by atoms with van der Waals surface area (Å²) in [5, 5.41) is 4.19. The van der Waals surface area contributed by atoms with Crippen molar-refractivity contribution in [2.75, 3.05) is 5.73 Å². The summed E-state index contributed by atoms with van der Waals surface area (Å²) in [5.74, 6) is -2.78. The zero-order chi connectivity index (χ0) is 17.6. The largest absolute Gasteiger partial charge is 0.383 e. The number of nitrogen functional groups attached to an aromatic ring is 1. The van der Waals surface area contributed by atoms with Crippen LogP contribution in [0.3, 0.4) is 0 Å². The third-order valence-corrected chi connectivity index (χ3v) is 5.01. The van der Waals surface area contributed by atoms with Gasteiger partial charge in [0.1, 0.15) is 11.5 Å². The van der Waals surface area contributed by atoms with Gasteiger partial charge in [0.25, 0.3) is 11.9 Å². The number of allylic oxidation sites excluding steroid dienone is 2. The minimum absolute atomic E-state index is 0.196. The van der Waals surface area contributed by atoms with Gasteiger partial charge in [-0.3, -0.25) is 0 Å². The molecular weight excluding hydrogens is 324 g/mol. The van der Waals surface area contributed by atoms with E-state index in [2.05, 4.69) is 22.0 Å². The molecule has 2 aromatic heterocycles. The molecule has 0 aromatic carbocycles. The highest BCUT2D eigenvalue weighted by Gasteiger charge is 2.52. The summed E-state index contributed by atoms with van der Waals surface area (Å²) < 4.78 is 31.2. The molecule has 2 N–H and O–H groups in total. The van der Waals surface area contributed by atoms with E-state index in [1.807, 2.05) is 6.08 Å². The Balaban J connectivity index is 1.88. The second-order valence-electron chi connectivity index (χ2n) is 7.08. The predicted molar refractivity (Wildman–Crippen MR) is 91.2 cm³/mol. The molecule has 1 atom stereocenters. The van der Waals surface area contributed by atoms with Gasteiger partial charge in [-0.2, -0.15) is 18.6 Å². The summed E-state index contributed by atoms with van der Waals surface area (Å²) in [4.78, 5) is 8.22. The van der Waals surface area contributed by atoms with Crippen LogP contribution < -0.4 is 5.73 Å². The van der Waals surface area contributed by atoms with Crippen molar-refractivity contribution in [2.45, 2.75) is 45.0 Å². The average Bonchev–Trinajstić information content (AvgIpc) is 3.39. The van der Waals surface area contributed by atoms with Crippen molar-refractivity contribution in [2.24, 2.45) is 11.8 Å². The molecule has 2 aliphatic carbocycles. The molecular formula is C18H21F2N5. The molecule has 2 aromatic rings. The Morgan fingerprint density at radius 3 is 2.56 bits per heavy atom. The number of aromatic nitrogens is 4. The predicted octanol–water partition coefficient (Wildman–Crippen LogP) is 3.95. The number of rotatable bonds is 4. The Hall–Kier alpha value is -2.31. The van der Waals surface area contributed by atoms with E-state index in [9.17, 15) is 8.78 Å². The number of anilines is 1. The molecule has 1 unspecified atom stereocenters. The lowest BCUT2D eigenvalue weighted by atomic mass is 9.85. The van der Waals surface area contributed by atoms with E-state index >= 15 is 0 Å². The molecule has 2 aliphatic rings. The quantitative estimate of drug-likeness (QED) is 0.911. The molecule has 0 amide bonds. The molecule has 0 spiro atoms. The van der Waals surface area contributed by atoms with Gasteiger partial charge in [-0.05, 0) is 49.7 Å². The number of hydrogen-bond donors (Lipinski definition) is 1. The smallest absolute Gasteiger partial charge is 0.294 e.